The molecule has 0 radical (unpaired) electrons. The Balaban J connectivity index is 2.24. The molecule has 2 aromatic rings. The predicted octanol–water partition coefficient (Wildman–Crippen LogP) is 3.09. The van der Waals surface area contributed by atoms with E-state index < -0.39 is 0 Å². The average molecular weight is 391 g/mol. The summed E-state index contributed by atoms with van der Waals surface area (Å²) in [7, 11) is 1.98. The smallest absolute Gasteiger partial charge is 0.236 e. The van der Waals surface area contributed by atoms with Crippen LogP contribution < -0.4 is 5.73 Å². The standard InChI is InChI=1S/C14H14BrCl2N3O/c1-19-10-2-3-20(11(21)5-18)6-7(10)12-8(15)4-9(16)13(17)14(12)19/h4H,2-3,5-6,18H2,1H3. The molecule has 0 spiro atoms. The highest BCUT2D eigenvalue weighted by Gasteiger charge is 2.27. The zero-order valence-corrected chi connectivity index (χ0v) is 14.5. The monoisotopic (exact) mass is 389 g/mol. The summed E-state index contributed by atoms with van der Waals surface area (Å²) in [6, 6.07) is 1.80. The van der Waals surface area contributed by atoms with Gasteiger partial charge in [-0.25, -0.2) is 0 Å². The number of fused-ring (bicyclic) bond motifs is 3. The minimum Gasteiger partial charge on any atom is -0.346 e. The molecule has 0 atom stereocenters. The molecule has 2 N–H and O–H groups in total. The molecule has 112 valence electrons. The summed E-state index contributed by atoms with van der Waals surface area (Å²) >= 11 is 16.1. The maximum absolute atomic E-state index is 11.9. The van der Waals surface area contributed by atoms with E-state index in [-0.39, 0.29) is 12.5 Å². The third-order valence-electron chi connectivity index (χ3n) is 4.03. The Kier molecular flexibility index (Phi) is 3.94. The lowest BCUT2D eigenvalue weighted by Crippen LogP contribution is -2.39. The zero-order valence-electron chi connectivity index (χ0n) is 11.4. The van der Waals surface area contributed by atoms with Gasteiger partial charge in [-0.1, -0.05) is 39.1 Å². The summed E-state index contributed by atoms with van der Waals surface area (Å²) in [4.78, 5) is 13.6. The third-order valence-corrected chi connectivity index (χ3v) is 5.43. The average Bonchev–Trinajstić information content (AvgIpc) is 2.77. The number of aromatic nitrogens is 1. The molecule has 4 nitrogen and oxygen atoms in total. The van der Waals surface area contributed by atoms with Crippen LogP contribution in [0.2, 0.25) is 10.0 Å². The van der Waals surface area contributed by atoms with E-state index in [0.717, 1.165) is 27.4 Å². The number of nitrogens with two attached hydrogens (primary N) is 1. The van der Waals surface area contributed by atoms with Gasteiger partial charge < -0.3 is 15.2 Å². The molecule has 1 aromatic carbocycles. The maximum atomic E-state index is 11.9. The predicted molar refractivity (Wildman–Crippen MR) is 88.8 cm³/mol. The van der Waals surface area contributed by atoms with Crippen molar-refractivity contribution in [1.29, 1.82) is 0 Å². The van der Waals surface area contributed by atoms with Crippen LogP contribution in [-0.4, -0.2) is 28.5 Å². The minimum absolute atomic E-state index is 0.0335. The second kappa shape index (κ2) is 5.47. The van der Waals surface area contributed by atoms with Gasteiger partial charge in [-0.05, 0) is 6.07 Å². The number of hydrogen-bond acceptors (Lipinski definition) is 2. The van der Waals surface area contributed by atoms with Crippen LogP contribution in [0.5, 0.6) is 0 Å². The number of halogens is 3. The highest BCUT2D eigenvalue weighted by Crippen LogP contribution is 2.41. The van der Waals surface area contributed by atoms with Crippen molar-refractivity contribution < 1.29 is 4.79 Å². The minimum atomic E-state index is -0.0335. The maximum Gasteiger partial charge on any atom is 0.236 e. The Morgan fingerprint density at radius 3 is 2.86 bits per heavy atom. The second-order valence-corrected chi connectivity index (χ2v) is 6.77. The number of rotatable bonds is 1. The van der Waals surface area contributed by atoms with Gasteiger partial charge in [0.05, 0.1) is 22.1 Å². The molecule has 1 aliphatic heterocycles. The van der Waals surface area contributed by atoms with Crippen LogP contribution >= 0.6 is 39.1 Å². The van der Waals surface area contributed by atoms with Crippen molar-refractivity contribution in [2.75, 3.05) is 13.1 Å². The molecular weight excluding hydrogens is 377 g/mol. The van der Waals surface area contributed by atoms with Gasteiger partial charge in [-0.2, -0.15) is 0 Å². The van der Waals surface area contributed by atoms with Crippen molar-refractivity contribution in [3.63, 3.8) is 0 Å². The van der Waals surface area contributed by atoms with E-state index in [9.17, 15) is 4.79 Å². The Morgan fingerprint density at radius 2 is 2.19 bits per heavy atom. The summed E-state index contributed by atoms with van der Waals surface area (Å²) in [6.07, 6.45) is 0.784. The Bertz CT molecular complexity index is 757. The van der Waals surface area contributed by atoms with Crippen molar-refractivity contribution in [3.05, 3.63) is 31.8 Å². The number of carbonyl (C=O) groups is 1. The normalized spacial score (nSPS) is 14.6. The van der Waals surface area contributed by atoms with Crippen LogP contribution in [0.25, 0.3) is 10.9 Å². The number of nitrogens with zero attached hydrogens (tertiary/aromatic N) is 2. The molecule has 0 saturated heterocycles. The molecule has 1 aliphatic rings. The first-order valence-electron chi connectivity index (χ1n) is 6.57. The van der Waals surface area contributed by atoms with Crippen LogP contribution in [0.3, 0.4) is 0 Å². The van der Waals surface area contributed by atoms with Gasteiger partial charge in [0.2, 0.25) is 5.91 Å². The first kappa shape index (κ1) is 15.2. The number of aryl methyl sites for hydroxylation is 1. The second-order valence-electron chi connectivity index (χ2n) is 5.13. The van der Waals surface area contributed by atoms with Crippen molar-refractivity contribution in [2.24, 2.45) is 12.8 Å². The Morgan fingerprint density at radius 1 is 1.48 bits per heavy atom. The summed E-state index contributed by atoms with van der Waals surface area (Å²) < 4.78 is 2.97. The fourth-order valence-corrected chi connectivity index (χ4v) is 4.27. The topological polar surface area (TPSA) is 51.3 Å². The van der Waals surface area contributed by atoms with E-state index in [1.165, 1.54) is 5.69 Å². The molecule has 2 heterocycles. The number of benzene rings is 1. The molecule has 3 rings (SSSR count). The van der Waals surface area contributed by atoms with Gasteiger partial charge in [-0.3, -0.25) is 4.79 Å². The van der Waals surface area contributed by atoms with Crippen LogP contribution in [0, 0.1) is 0 Å². The third kappa shape index (κ3) is 2.27. The fraction of sp³-hybridized carbons (Fsp3) is 0.357. The van der Waals surface area contributed by atoms with Gasteiger partial charge in [0.15, 0.2) is 0 Å². The van der Waals surface area contributed by atoms with Crippen molar-refractivity contribution in [1.82, 2.24) is 9.47 Å². The molecule has 0 fully saturated rings. The van der Waals surface area contributed by atoms with Gasteiger partial charge in [0.25, 0.3) is 0 Å². The number of carbonyl (C=O) groups excluding carboxylic acids is 1. The fourth-order valence-electron chi connectivity index (χ4n) is 3.01. The van der Waals surface area contributed by atoms with Crippen molar-refractivity contribution in [3.8, 4) is 0 Å². The van der Waals surface area contributed by atoms with Gasteiger partial charge in [0.1, 0.15) is 0 Å². The molecule has 0 saturated carbocycles. The lowest BCUT2D eigenvalue weighted by atomic mass is 10.0. The lowest BCUT2D eigenvalue weighted by Gasteiger charge is -2.27. The molecular formula is C14H14BrCl2N3O. The van der Waals surface area contributed by atoms with E-state index in [4.69, 9.17) is 28.9 Å². The van der Waals surface area contributed by atoms with E-state index in [1.807, 2.05) is 7.05 Å². The van der Waals surface area contributed by atoms with E-state index in [1.54, 1.807) is 11.0 Å². The number of amides is 1. The zero-order chi connectivity index (χ0) is 15.3. The molecule has 0 bridgehead atoms. The van der Waals surface area contributed by atoms with Crippen LogP contribution in [0.15, 0.2) is 10.5 Å². The number of hydrogen-bond donors (Lipinski definition) is 1. The Labute approximate surface area is 140 Å². The van der Waals surface area contributed by atoms with Gasteiger partial charge in [0, 0.05) is 47.7 Å². The molecule has 7 heteroatoms. The van der Waals surface area contributed by atoms with Crippen LogP contribution in [0.4, 0.5) is 0 Å². The first-order chi connectivity index (χ1) is 9.95. The van der Waals surface area contributed by atoms with E-state index in [0.29, 0.717) is 23.1 Å². The first-order valence-corrected chi connectivity index (χ1v) is 8.12. The molecule has 1 amide bonds. The SMILES string of the molecule is Cn1c2c(c3c(Br)cc(Cl)c(Cl)c31)CN(C(=O)CN)CC2. The highest BCUT2D eigenvalue weighted by molar-refractivity contribution is 9.10. The molecule has 1 aromatic heterocycles. The van der Waals surface area contributed by atoms with Crippen LogP contribution in [-0.2, 0) is 24.8 Å². The lowest BCUT2D eigenvalue weighted by molar-refractivity contribution is -0.130. The molecule has 0 aliphatic carbocycles. The van der Waals surface area contributed by atoms with Crippen LogP contribution in [0.1, 0.15) is 11.3 Å². The molecule has 21 heavy (non-hydrogen) atoms. The van der Waals surface area contributed by atoms with Gasteiger partial charge >= 0.3 is 0 Å². The summed E-state index contributed by atoms with van der Waals surface area (Å²) in [5.74, 6) is -0.0335. The van der Waals surface area contributed by atoms with Gasteiger partial charge in [-0.15, -0.1) is 0 Å². The van der Waals surface area contributed by atoms with E-state index >= 15 is 0 Å². The Hall–Kier alpha value is -0.750. The van der Waals surface area contributed by atoms with E-state index in [2.05, 4.69) is 20.5 Å². The molecule has 0 unspecified atom stereocenters. The summed E-state index contributed by atoms with van der Waals surface area (Å²) in [5.41, 5.74) is 8.68. The summed E-state index contributed by atoms with van der Waals surface area (Å²) in [5, 5.41) is 2.09. The van der Waals surface area contributed by atoms with Crippen molar-refractivity contribution >= 4 is 55.9 Å². The highest BCUT2D eigenvalue weighted by atomic mass is 79.9. The largest absolute Gasteiger partial charge is 0.346 e. The van der Waals surface area contributed by atoms with Crippen molar-refractivity contribution in [2.45, 2.75) is 13.0 Å². The quantitative estimate of drug-likeness (QED) is 0.760. The summed E-state index contributed by atoms with van der Waals surface area (Å²) in [6.45, 7) is 1.27.